The summed E-state index contributed by atoms with van der Waals surface area (Å²) in [7, 11) is 3.04. The zero-order valence-corrected chi connectivity index (χ0v) is 12.9. The van der Waals surface area contributed by atoms with Gasteiger partial charge in [-0.25, -0.2) is 4.98 Å². The zero-order chi connectivity index (χ0) is 15.5. The van der Waals surface area contributed by atoms with Gasteiger partial charge < -0.3 is 14.2 Å². The number of nitrogens with zero attached hydrogens (tertiary/aromatic N) is 4. The standard InChI is InChI=1S/C15H18N4O3/c1-9-13(22-10-5-4-6-10)7-12(19-18-9)11-8-16-15(21-3)17-14(11)20-2/h7-8,10H,4-6H2,1-3H3. The van der Waals surface area contributed by atoms with Crippen LogP contribution in [0.3, 0.4) is 0 Å². The Labute approximate surface area is 128 Å². The van der Waals surface area contributed by atoms with Crippen molar-refractivity contribution in [3.05, 3.63) is 18.0 Å². The molecule has 0 amide bonds. The van der Waals surface area contributed by atoms with Gasteiger partial charge in [0.2, 0.25) is 5.88 Å². The highest BCUT2D eigenvalue weighted by Gasteiger charge is 2.21. The molecule has 1 fully saturated rings. The highest BCUT2D eigenvalue weighted by atomic mass is 16.5. The maximum Gasteiger partial charge on any atom is 0.319 e. The fourth-order valence-corrected chi connectivity index (χ4v) is 2.14. The Hall–Kier alpha value is -2.44. The second kappa shape index (κ2) is 6.13. The van der Waals surface area contributed by atoms with Gasteiger partial charge in [-0.05, 0) is 26.2 Å². The Morgan fingerprint density at radius 1 is 1.14 bits per heavy atom. The number of aryl methyl sites for hydroxylation is 1. The Morgan fingerprint density at radius 3 is 2.59 bits per heavy atom. The minimum absolute atomic E-state index is 0.242. The molecule has 2 aromatic heterocycles. The van der Waals surface area contributed by atoms with Gasteiger partial charge in [0.1, 0.15) is 17.1 Å². The summed E-state index contributed by atoms with van der Waals surface area (Å²) in [5.41, 5.74) is 2.03. The number of rotatable bonds is 5. The van der Waals surface area contributed by atoms with E-state index in [1.807, 2.05) is 13.0 Å². The van der Waals surface area contributed by atoms with Gasteiger partial charge in [-0.15, -0.1) is 5.10 Å². The second-order valence-electron chi connectivity index (χ2n) is 5.13. The van der Waals surface area contributed by atoms with Crippen LogP contribution in [0.5, 0.6) is 17.6 Å². The second-order valence-corrected chi connectivity index (χ2v) is 5.13. The van der Waals surface area contributed by atoms with Crippen molar-refractivity contribution in [3.63, 3.8) is 0 Å². The highest BCUT2D eigenvalue weighted by Crippen LogP contribution is 2.32. The summed E-state index contributed by atoms with van der Waals surface area (Å²) < 4.78 is 16.2. The van der Waals surface area contributed by atoms with E-state index in [9.17, 15) is 0 Å². The lowest BCUT2D eigenvalue weighted by molar-refractivity contribution is 0.118. The Kier molecular flexibility index (Phi) is 4.04. The van der Waals surface area contributed by atoms with Gasteiger partial charge in [-0.3, -0.25) is 0 Å². The molecule has 1 aliphatic rings. The van der Waals surface area contributed by atoms with Gasteiger partial charge in [-0.1, -0.05) is 0 Å². The summed E-state index contributed by atoms with van der Waals surface area (Å²) in [5.74, 6) is 1.13. The summed E-state index contributed by atoms with van der Waals surface area (Å²) in [5, 5.41) is 8.36. The van der Waals surface area contributed by atoms with Gasteiger partial charge in [0, 0.05) is 12.3 Å². The molecule has 3 rings (SSSR count). The van der Waals surface area contributed by atoms with Crippen LogP contribution in [0, 0.1) is 6.92 Å². The molecule has 2 aromatic rings. The van der Waals surface area contributed by atoms with E-state index in [0.29, 0.717) is 17.1 Å². The van der Waals surface area contributed by atoms with Crippen molar-refractivity contribution < 1.29 is 14.2 Å². The molecule has 22 heavy (non-hydrogen) atoms. The van der Waals surface area contributed by atoms with Crippen LogP contribution in [0.1, 0.15) is 25.0 Å². The molecular formula is C15H18N4O3. The fourth-order valence-electron chi connectivity index (χ4n) is 2.14. The molecule has 0 aromatic carbocycles. The van der Waals surface area contributed by atoms with Crippen molar-refractivity contribution in [1.82, 2.24) is 20.2 Å². The minimum Gasteiger partial charge on any atom is -0.488 e. The van der Waals surface area contributed by atoms with Gasteiger partial charge >= 0.3 is 6.01 Å². The number of methoxy groups -OCH3 is 2. The molecule has 1 saturated carbocycles. The van der Waals surface area contributed by atoms with Crippen LogP contribution in [0.15, 0.2) is 12.3 Å². The molecule has 0 bridgehead atoms. The maximum atomic E-state index is 5.95. The Balaban J connectivity index is 1.95. The topological polar surface area (TPSA) is 79.2 Å². The first kappa shape index (κ1) is 14.5. The van der Waals surface area contributed by atoms with Crippen LogP contribution in [-0.2, 0) is 0 Å². The van der Waals surface area contributed by atoms with Gasteiger partial charge in [0.05, 0.1) is 25.9 Å². The monoisotopic (exact) mass is 302 g/mol. The average molecular weight is 302 g/mol. The molecule has 116 valence electrons. The average Bonchev–Trinajstić information content (AvgIpc) is 2.51. The lowest BCUT2D eigenvalue weighted by Gasteiger charge is -2.26. The number of aromatic nitrogens is 4. The van der Waals surface area contributed by atoms with Crippen LogP contribution in [0.4, 0.5) is 0 Å². The largest absolute Gasteiger partial charge is 0.488 e. The smallest absolute Gasteiger partial charge is 0.319 e. The predicted octanol–water partition coefficient (Wildman–Crippen LogP) is 2.19. The van der Waals surface area contributed by atoms with Crippen LogP contribution in [-0.4, -0.2) is 40.5 Å². The van der Waals surface area contributed by atoms with Crippen molar-refractivity contribution in [1.29, 1.82) is 0 Å². The molecule has 1 aliphatic carbocycles. The van der Waals surface area contributed by atoms with E-state index >= 15 is 0 Å². The van der Waals surface area contributed by atoms with Crippen molar-refractivity contribution in [2.24, 2.45) is 0 Å². The first-order valence-corrected chi connectivity index (χ1v) is 7.17. The van der Waals surface area contributed by atoms with Crippen LogP contribution >= 0.6 is 0 Å². The third-order valence-electron chi connectivity index (χ3n) is 3.66. The maximum absolute atomic E-state index is 5.95. The number of hydrogen-bond donors (Lipinski definition) is 0. The lowest BCUT2D eigenvalue weighted by atomic mass is 9.96. The summed E-state index contributed by atoms with van der Waals surface area (Å²) >= 11 is 0. The van der Waals surface area contributed by atoms with Crippen LogP contribution in [0.2, 0.25) is 0 Å². The lowest BCUT2D eigenvalue weighted by Crippen LogP contribution is -2.25. The third kappa shape index (κ3) is 2.79. The van der Waals surface area contributed by atoms with Crippen LogP contribution < -0.4 is 14.2 Å². The molecule has 0 saturated heterocycles. The Morgan fingerprint density at radius 2 is 1.95 bits per heavy atom. The van der Waals surface area contributed by atoms with Gasteiger partial charge in [0.25, 0.3) is 0 Å². The van der Waals surface area contributed by atoms with Crippen molar-refractivity contribution in [2.45, 2.75) is 32.3 Å². The van der Waals surface area contributed by atoms with Gasteiger partial charge in [0.15, 0.2) is 0 Å². The molecule has 0 spiro atoms. The van der Waals surface area contributed by atoms with E-state index in [4.69, 9.17) is 14.2 Å². The fraction of sp³-hybridized carbons (Fsp3) is 0.467. The summed E-state index contributed by atoms with van der Waals surface area (Å²) in [6.45, 7) is 1.88. The van der Waals surface area contributed by atoms with E-state index in [0.717, 1.165) is 24.3 Å². The van der Waals surface area contributed by atoms with E-state index in [2.05, 4.69) is 20.2 Å². The first-order chi connectivity index (χ1) is 10.7. The molecule has 2 heterocycles. The molecule has 0 N–H and O–H groups in total. The third-order valence-corrected chi connectivity index (χ3v) is 3.66. The normalized spacial score (nSPS) is 14.3. The van der Waals surface area contributed by atoms with E-state index < -0.39 is 0 Å². The quantitative estimate of drug-likeness (QED) is 0.837. The molecule has 0 unspecified atom stereocenters. The summed E-state index contributed by atoms with van der Waals surface area (Å²) in [4.78, 5) is 8.26. The first-order valence-electron chi connectivity index (χ1n) is 7.17. The van der Waals surface area contributed by atoms with Gasteiger partial charge in [-0.2, -0.15) is 10.1 Å². The van der Waals surface area contributed by atoms with Crippen LogP contribution in [0.25, 0.3) is 11.3 Å². The zero-order valence-electron chi connectivity index (χ0n) is 12.9. The molecule has 7 nitrogen and oxygen atoms in total. The highest BCUT2D eigenvalue weighted by molar-refractivity contribution is 5.65. The summed E-state index contributed by atoms with van der Waals surface area (Å²) in [6, 6.07) is 2.10. The summed E-state index contributed by atoms with van der Waals surface area (Å²) in [6.07, 6.45) is 5.29. The predicted molar refractivity (Wildman–Crippen MR) is 79.2 cm³/mol. The van der Waals surface area contributed by atoms with Crippen molar-refractivity contribution in [3.8, 4) is 28.9 Å². The van der Waals surface area contributed by atoms with E-state index in [1.165, 1.54) is 13.5 Å². The minimum atomic E-state index is 0.242. The van der Waals surface area contributed by atoms with E-state index in [1.54, 1.807) is 13.3 Å². The van der Waals surface area contributed by atoms with Crippen molar-refractivity contribution in [2.75, 3.05) is 14.2 Å². The molecule has 0 aliphatic heterocycles. The van der Waals surface area contributed by atoms with E-state index in [-0.39, 0.29) is 12.1 Å². The van der Waals surface area contributed by atoms with Crippen molar-refractivity contribution >= 4 is 0 Å². The molecule has 7 heteroatoms. The SMILES string of the molecule is COc1ncc(-c2cc(OC3CCC3)c(C)nn2)c(OC)n1. The number of ether oxygens (including phenoxy) is 3. The Bertz CT molecular complexity index is 674. The molecular weight excluding hydrogens is 284 g/mol. The number of hydrogen-bond acceptors (Lipinski definition) is 7. The molecule has 0 atom stereocenters. The molecule has 0 radical (unpaired) electrons.